The van der Waals surface area contributed by atoms with Crippen LogP contribution in [0.4, 0.5) is 0 Å². The largest absolute Gasteiger partial charge is 0.496 e. The molecule has 0 aliphatic carbocycles. The number of halogens is 1. The average molecular weight is 354 g/mol. The molecular weight excluding hydrogens is 334 g/mol. The van der Waals surface area contributed by atoms with Gasteiger partial charge in [0.25, 0.3) is 0 Å². The summed E-state index contributed by atoms with van der Waals surface area (Å²) in [6.45, 7) is 1.45. The second-order valence-electron chi connectivity index (χ2n) is 6.39. The summed E-state index contributed by atoms with van der Waals surface area (Å²) in [5.74, 6) is -0.522. The Labute approximate surface area is 145 Å². The minimum Gasteiger partial charge on any atom is -0.496 e. The van der Waals surface area contributed by atoms with Crippen molar-refractivity contribution in [2.75, 3.05) is 33.4 Å². The molecule has 2 aliphatic rings. The van der Waals surface area contributed by atoms with Crippen molar-refractivity contribution in [2.45, 2.75) is 12.8 Å². The van der Waals surface area contributed by atoms with Gasteiger partial charge in [-0.3, -0.25) is 9.59 Å². The zero-order valence-electron chi connectivity index (χ0n) is 13.5. The van der Waals surface area contributed by atoms with Gasteiger partial charge in [0.05, 0.1) is 25.6 Å². The molecule has 0 saturated carbocycles. The Balaban J connectivity index is 1.77. The lowest BCUT2D eigenvalue weighted by Gasteiger charge is -2.33. The van der Waals surface area contributed by atoms with Gasteiger partial charge in [-0.1, -0.05) is 11.6 Å². The van der Waals surface area contributed by atoms with Gasteiger partial charge in [-0.25, -0.2) is 0 Å². The molecule has 0 spiro atoms. The van der Waals surface area contributed by atoms with Gasteiger partial charge in [0, 0.05) is 36.2 Å². The summed E-state index contributed by atoms with van der Waals surface area (Å²) in [6, 6.07) is 5.13. The molecule has 130 valence electrons. The van der Waals surface area contributed by atoms with Crippen LogP contribution in [-0.2, 0) is 20.7 Å². The Morgan fingerprint density at radius 2 is 2.29 bits per heavy atom. The van der Waals surface area contributed by atoms with E-state index in [0.717, 1.165) is 0 Å². The van der Waals surface area contributed by atoms with E-state index in [2.05, 4.69) is 0 Å². The highest BCUT2D eigenvalue weighted by molar-refractivity contribution is 6.30. The monoisotopic (exact) mass is 353 g/mol. The molecule has 2 aliphatic heterocycles. The van der Waals surface area contributed by atoms with Crippen LogP contribution in [0.5, 0.6) is 5.75 Å². The van der Waals surface area contributed by atoms with Crippen molar-refractivity contribution in [3.8, 4) is 5.75 Å². The Kier molecular flexibility index (Phi) is 4.69. The van der Waals surface area contributed by atoms with Crippen molar-refractivity contribution in [2.24, 2.45) is 11.3 Å². The number of carboxylic acids is 1. The fourth-order valence-corrected chi connectivity index (χ4v) is 3.84. The number of carbonyl (C=O) groups is 2. The standard InChI is InChI=1S/C17H20ClNO5/c1-23-14-3-2-13(18)6-11(14)7-15(20)19-8-12-9-24-5-4-17(12,10-19)16(21)22/h2-3,6,12H,4-5,7-10H2,1H3,(H,21,22)/t12-,17+/m0/s1. The Morgan fingerprint density at radius 1 is 1.50 bits per heavy atom. The second kappa shape index (κ2) is 6.61. The maximum Gasteiger partial charge on any atom is 0.311 e. The number of aliphatic carboxylic acids is 1. The van der Waals surface area contributed by atoms with Gasteiger partial charge < -0.3 is 19.5 Å². The number of methoxy groups -OCH3 is 1. The molecule has 0 radical (unpaired) electrons. The third kappa shape index (κ3) is 2.96. The van der Waals surface area contributed by atoms with E-state index < -0.39 is 11.4 Å². The number of amides is 1. The van der Waals surface area contributed by atoms with Crippen molar-refractivity contribution in [3.05, 3.63) is 28.8 Å². The van der Waals surface area contributed by atoms with Crippen LogP contribution >= 0.6 is 11.6 Å². The van der Waals surface area contributed by atoms with E-state index in [0.29, 0.717) is 42.5 Å². The summed E-state index contributed by atoms with van der Waals surface area (Å²) < 4.78 is 10.7. The highest BCUT2D eigenvalue weighted by atomic mass is 35.5. The molecule has 24 heavy (non-hydrogen) atoms. The molecule has 1 N–H and O–H groups in total. The number of rotatable bonds is 4. The molecule has 2 atom stereocenters. The number of ether oxygens (including phenoxy) is 2. The Hall–Kier alpha value is -1.79. The lowest BCUT2D eigenvalue weighted by Crippen LogP contribution is -2.45. The first-order chi connectivity index (χ1) is 11.5. The molecule has 7 heteroatoms. The number of carbonyl (C=O) groups excluding carboxylic acids is 1. The fourth-order valence-electron chi connectivity index (χ4n) is 3.65. The summed E-state index contributed by atoms with van der Waals surface area (Å²) in [5.41, 5.74) is -0.183. The molecule has 6 nitrogen and oxygen atoms in total. The van der Waals surface area contributed by atoms with Crippen molar-refractivity contribution >= 4 is 23.5 Å². The maximum absolute atomic E-state index is 12.7. The smallest absolute Gasteiger partial charge is 0.311 e. The van der Waals surface area contributed by atoms with E-state index in [9.17, 15) is 14.7 Å². The predicted molar refractivity (Wildman–Crippen MR) is 87.3 cm³/mol. The first-order valence-corrected chi connectivity index (χ1v) is 8.25. The van der Waals surface area contributed by atoms with Gasteiger partial charge in [-0.15, -0.1) is 0 Å². The highest BCUT2D eigenvalue weighted by Crippen LogP contribution is 2.42. The molecule has 1 aromatic carbocycles. The van der Waals surface area contributed by atoms with Crippen molar-refractivity contribution in [3.63, 3.8) is 0 Å². The summed E-state index contributed by atoms with van der Waals surface area (Å²) in [5, 5.41) is 10.2. The van der Waals surface area contributed by atoms with E-state index in [1.54, 1.807) is 30.2 Å². The summed E-state index contributed by atoms with van der Waals surface area (Å²) >= 11 is 6.01. The van der Waals surface area contributed by atoms with Gasteiger partial charge in [0.15, 0.2) is 0 Å². The van der Waals surface area contributed by atoms with E-state index >= 15 is 0 Å². The van der Waals surface area contributed by atoms with Gasteiger partial charge >= 0.3 is 5.97 Å². The minimum atomic E-state index is -0.883. The number of likely N-dealkylation sites (tertiary alicyclic amines) is 1. The first-order valence-electron chi connectivity index (χ1n) is 7.87. The van der Waals surface area contributed by atoms with Gasteiger partial charge in [0.1, 0.15) is 5.75 Å². The minimum absolute atomic E-state index is 0.120. The number of fused-ring (bicyclic) bond motifs is 1. The average Bonchev–Trinajstić information content (AvgIpc) is 2.96. The quantitative estimate of drug-likeness (QED) is 0.893. The number of nitrogens with zero attached hydrogens (tertiary/aromatic N) is 1. The van der Waals surface area contributed by atoms with Crippen LogP contribution in [0.25, 0.3) is 0 Å². The van der Waals surface area contributed by atoms with Crippen molar-refractivity contribution < 1.29 is 24.2 Å². The maximum atomic E-state index is 12.7. The van der Waals surface area contributed by atoms with Gasteiger partial charge in [-0.2, -0.15) is 0 Å². The third-order valence-electron chi connectivity index (χ3n) is 5.07. The third-order valence-corrected chi connectivity index (χ3v) is 5.30. The van der Waals surface area contributed by atoms with Crippen LogP contribution in [0.1, 0.15) is 12.0 Å². The number of hydrogen-bond acceptors (Lipinski definition) is 4. The van der Waals surface area contributed by atoms with Crippen molar-refractivity contribution in [1.82, 2.24) is 4.90 Å². The normalized spacial score (nSPS) is 26.1. The molecule has 2 saturated heterocycles. The van der Waals surface area contributed by atoms with E-state index in [1.165, 1.54) is 0 Å². The van der Waals surface area contributed by atoms with Crippen LogP contribution in [0.15, 0.2) is 18.2 Å². The topological polar surface area (TPSA) is 76.1 Å². The highest BCUT2D eigenvalue weighted by Gasteiger charge is 2.54. The first kappa shape index (κ1) is 17.0. The molecule has 0 bridgehead atoms. The summed E-state index contributed by atoms with van der Waals surface area (Å²) in [4.78, 5) is 26.1. The molecule has 3 rings (SSSR count). The van der Waals surface area contributed by atoms with Crippen LogP contribution < -0.4 is 4.74 Å². The molecule has 2 heterocycles. The van der Waals surface area contributed by atoms with Crippen LogP contribution in [0.2, 0.25) is 5.02 Å². The number of hydrogen-bond donors (Lipinski definition) is 1. The van der Waals surface area contributed by atoms with E-state index in [-0.39, 0.29) is 24.8 Å². The number of carboxylic acid groups (broad SMARTS) is 1. The predicted octanol–water partition coefficient (Wildman–Crippen LogP) is 1.84. The van der Waals surface area contributed by atoms with Gasteiger partial charge in [0.2, 0.25) is 5.91 Å². The Bertz CT molecular complexity index is 664. The number of benzene rings is 1. The van der Waals surface area contributed by atoms with Crippen LogP contribution in [0, 0.1) is 11.3 Å². The molecular formula is C17H20ClNO5. The van der Waals surface area contributed by atoms with E-state index in [4.69, 9.17) is 21.1 Å². The lowest BCUT2D eigenvalue weighted by atomic mass is 9.74. The molecule has 1 amide bonds. The molecule has 2 fully saturated rings. The summed E-state index contributed by atoms with van der Waals surface area (Å²) in [7, 11) is 1.54. The van der Waals surface area contributed by atoms with Crippen molar-refractivity contribution in [1.29, 1.82) is 0 Å². The Morgan fingerprint density at radius 3 is 2.96 bits per heavy atom. The SMILES string of the molecule is COc1ccc(Cl)cc1CC(=O)N1C[C@H]2COCC[C@@]2(C(=O)O)C1. The zero-order chi connectivity index (χ0) is 17.3. The zero-order valence-corrected chi connectivity index (χ0v) is 14.2. The fraction of sp³-hybridized carbons (Fsp3) is 0.529. The lowest BCUT2D eigenvalue weighted by molar-refractivity contribution is -0.157. The van der Waals surface area contributed by atoms with Crippen LogP contribution in [0.3, 0.4) is 0 Å². The van der Waals surface area contributed by atoms with E-state index in [1.807, 2.05) is 0 Å². The second-order valence-corrected chi connectivity index (χ2v) is 6.83. The van der Waals surface area contributed by atoms with Crippen LogP contribution in [-0.4, -0.2) is 55.3 Å². The summed E-state index contributed by atoms with van der Waals surface area (Å²) in [6.07, 6.45) is 0.574. The molecule has 0 aromatic heterocycles. The molecule has 1 aromatic rings. The van der Waals surface area contributed by atoms with Gasteiger partial charge in [-0.05, 0) is 24.6 Å². The molecule has 0 unspecified atom stereocenters.